The lowest BCUT2D eigenvalue weighted by Gasteiger charge is -2.23. The van der Waals surface area contributed by atoms with Crippen molar-refractivity contribution in [3.63, 3.8) is 0 Å². The number of aromatic nitrogens is 4. The van der Waals surface area contributed by atoms with Crippen LogP contribution in [-0.4, -0.2) is 62.2 Å². The number of carbonyl (C=O) groups is 2. The van der Waals surface area contributed by atoms with Crippen LogP contribution in [0.2, 0.25) is 5.02 Å². The van der Waals surface area contributed by atoms with E-state index in [0.29, 0.717) is 46.6 Å². The van der Waals surface area contributed by atoms with Crippen LogP contribution in [0.25, 0.3) is 27.9 Å². The van der Waals surface area contributed by atoms with E-state index in [-0.39, 0.29) is 19.1 Å². The monoisotopic (exact) mass is 619 g/mol. The standard InChI is InChI=1S/C28H23BrClN7O3/c29-18-10-11-19(21(30)14-18)24-34-25-20-8-4-5-9-22(20)32-27(37(25)35-24)33-23-15-36(13-12-31-26(23)38)28(39)40-16-17-6-2-1-3-7-17/h1-11,14,23H,12-13,15-16H2,(H,31,38)(H,32,33)/t23-/m1/s1. The normalized spacial score (nSPS) is 15.6. The maximum absolute atomic E-state index is 13.0. The average Bonchev–Trinajstić information content (AvgIpc) is 3.32. The van der Waals surface area contributed by atoms with Crippen LogP contribution in [0.1, 0.15) is 5.56 Å². The number of amides is 2. The Hall–Kier alpha value is -4.22. The number of anilines is 1. The molecule has 2 amide bonds. The lowest BCUT2D eigenvalue weighted by Crippen LogP contribution is -2.44. The van der Waals surface area contributed by atoms with Gasteiger partial charge in [-0.3, -0.25) is 4.79 Å². The highest BCUT2D eigenvalue weighted by molar-refractivity contribution is 9.10. The Bertz CT molecular complexity index is 1730. The number of carbonyl (C=O) groups excluding carboxylic acids is 2. The fraction of sp³-hybridized carbons (Fsp3) is 0.179. The highest BCUT2D eigenvalue weighted by atomic mass is 79.9. The zero-order valence-corrected chi connectivity index (χ0v) is 23.4. The number of ether oxygens (including phenoxy) is 1. The van der Waals surface area contributed by atoms with Gasteiger partial charge in [-0.1, -0.05) is 70.0 Å². The molecule has 12 heteroatoms. The SMILES string of the molecule is O=C1NCCN(C(=O)OCc2ccccc2)C[C@H]1Nc1nc2ccccc2c2nc(-c3ccc(Br)cc3Cl)nn12. The fourth-order valence-electron chi connectivity index (χ4n) is 4.51. The number of nitrogens with one attached hydrogen (secondary N) is 2. The molecule has 1 atom stereocenters. The van der Waals surface area contributed by atoms with Crippen molar-refractivity contribution in [2.75, 3.05) is 25.0 Å². The van der Waals surface area contributed by atoms with Gasteiger partial charge >= 0.3 is 6.09 Å². The minimum Gasteiger partial charge on any atom is -0.445 e. The number of hydrogen-bond donors (Lipinski definition) is 2. The van der Waals surface area contributed by atoms with Crippen LogP contribution in [0.4, 0.5) is 10.7 Å². The molecule has 3 heterocycles. The minimum atomic E-state index is -0.812. The van der Waals surface area contributed by atoms with Gasteiger partial charge in [-0.2, -0.15) is 4.52 Å². The summed E-state index contributed by atoms with van der Waals surface area (Å²) in [6, 6.07) is 21.6. The van der Waals surface area contributed by atoms with E-state index in [2.05, 4.69) is 26.6 Å². The molecule has 6 rings (SSSR count). The second-order valence-corrected chi connectivity index (χ2v) is 10.5. The number of rotatable bonds is 5. The summed E-state index contributed by atoms with van der Waals surface area (Å²) in [5.41, 5.74) is 2.76. The third-order valence-electron chi connectivity index (χ3n) is 6.52. The van der Waals surface area contributed by atoms with Crippen LogP contribution in [-0.2, 0) is 16.1 Å². The molecule has 2 N–H and O–H groups in total. The third-order valence-corrected chi connectivity index (χ3v) is 7.32. The van der Waals surface area contributed by atoms with Gasteiger partial charge in [0.1, 0.15) is 12.6 Å². The molecule has 0 spiro atoms. The summed E-state index contributed by atoms with van der Waals surface area (Å²) in [6.07, 6.45) is -0.503. The van der Waals surface area contributed by atoms with Crippen LogP contribution >= 0.6 is 27.5 Å². The molecule has 10 nitrogen and oxygen atoms in total. The summed E-state index contributed by atoms with van der Waals surface area (Å²) >= 11 is 9.93. The summed E-state index contributed by atoms with van der Waals surface area (Å²) in [4.78, 5) is 37.0. The molecular formula is C28H23BrClN7O3. The van der Waals surface area contributed by atoms with Crippen molar-refractivity contribution < 1.29 is 14.3 Å². The largest absolute Gasteiger partial charge is 0.445 e. The van der Waals surface area contributed by atoms with Gasteiger partial charge in [0.15, 0.2) is 11.5 Å². The van der Waals surface area contributed by atoms with Crippen LogP contribution in [0.15, 0.2) is 77.3 Å². The quantitative estimate of drug-likeness (QED) is 0.287. The van der Waals surface area contributed by atoms with Crippen LogP contribution < -0.4 is 10.6 Å². The Morgan fingerprint density at radius 1 is 1.10 bits per heavy atom. The van der Waals surface area contributed by atoms with Crippen molar-refractivity contribution in [1.29, 1.82) is 0 Å². The molecule has 3 aromatic carbocycles. The number of halogens is 2. The molecule has 40 heavy (non-hydrogen) atoms. The molecule has 0 aliphatic carbocycles. The van der Waals surface area contributed by atoms with E-state index in [9.17, 15) is 9.59 Å². The van der Waals surface area contributed by atoms with E-state index in [0.717, 1.165) is 15.4 Å². The zero-order valence-electron chi connectivity index (χ0n) is 21.1. The summed E-state index contributed by atoms with van der Waals surface area (Å²) in [5.74, 6) is 0.452. The summed E-state index contributed by atoms with van der Waals surface area (Å²) in [6.45, 7) is 0.833. The van der Waals surface area contributed by atoms with Crippen molar-refractivity contribution >= 4 is 62.0 Å². The average molecular weight is 621 g/mol. The Kier molecular flexibility index (Phi) is 7.23. The van der Waals surface area contributed by atoms with Gasteiger partial charge in [-0.05, 0) is 35.9 Å². The summed E-state index contributed by atoms with van der Waals surface area (Å²) < 4.78 is 7.92. The first kappa shape index (κ1) is 26.0. The number of fused-ring (bicyclic) bond motifs is 3. The number of para-hydroxylation sites is 1. The Morgan fingerprint density at radius 2 is 1.90 bits per heavy atom. The third kappa shape index (κ3) is 5.30. The second kappa shape index (κ2) is 11.1. The van der Waals surface area contributed by atoms with E-state index in [1.807, 2.05) is 66.7 Å². The van der Waals surface area contributed by atoms with Gasteiger partial charge < -0.3 is 20.3 Å². The molecule has 1 aliphatic rings. The van der Waals surface area contributed by atoms with Crippen molar-refractivity contribution in [2.45, 2.75) is 12.6 Å². The first-order valence-corrected chi connectivity index (χ1v) is 13.7. The van der Waals surface area contributed by atoms with Gasteiger partial charge in [-0.15, -0.1) is 5.10 Å². The van der Waals surface area contributed by atoms with Gasteiger partial charge in [0.25, 0.3) is 0 Å². The van der Waals surface area contributed by atoms with Gasteiger partial charge in [0, 0.05) is 28.5 Å². The molecule has 202 valence electrons. The van der Waals surface area contributed by atoms with Crippen molar-refractivity contribution in [2.24, 2.45) is 0 Å². The highest BCUT2D eigenvalue weighted by Gasteiger charge is 2.30. The molecule has 0 bridgehead atoms. The zero-order chi connectivity index (χ0) is 27.6. The van der Waals surface area contributed by atoms with E-state index in [1.165, 1.54) is 4.90 Å². The fourth-order valence-corrected chi connectivity index (χ4v) is 5.27. The first-order valence-electron chi connectivity index (χ1n) is 12.6. The Labute approximate surface area is 242 Å². The maximum Gasteiger partial charge on any atom is 0.410 e. The second-order valence-electron chi connectivity index (χ2n) is 9.22. The van der Waals surface area contributed by atoms with Gasteiger partial charge in [0.05, 0.1) is 17.1 Å². The molecule has 0 saturated carbocycles. The molecule has 1 aliphatic heterocycles. The molecule has 1 saturated heterocycles. The minimum absolute atomic E-state index is 0.0789. The molecule has 5 aromatic rings. The molecular weight excluding hydrogens is 598 g/mol. The predicted octanol–water partition coefficient (Wildman–Crippen LogP) is 4.91. The lowest BCUT2D eigenvalue weighted by molar-refractivity contribution is -0.121. The molecule has 2 aromatic heterocycles. The molecule has 1 fully saturated rings. The highest BCUT2D eigenvalue weighted by Crippen LogP contribution is 2.30. The topological polar surface area (TPSA) is 114 Å². The number of hydrogen-bond acceptors (Lipinski definition) is 7. The first-order chi connectivity index (χ1) is 19.5. The smallest absolute Gasteiger partial charge is 0.410 e. The summed E-state index contributed by atoms with van der Waals surface area (Å²) in [7, 11) is 0. The van der Waals surface area contributed by atoms with Crippen molar-refractivity contribution in [3.8, 4) is 11.4 Å². The van der Waals surface area contributed by atoms with Crippen molar-refractivity contribution in [3.05, 3.63) is 87.9 Å². The maximum atomic E-state index is 13.0. The van der Waals surface area contributed by atoms with Crippen molar-refractivity contribution in [1.82, 2.24) is 29.8 Å². The van der Waals surface area contributed by atoms with E-state index in [4.69, 9.17) is 31.4 Å². The Morgan fingerprint density at radius 3 is 2.73 bits per heavy atom. The van der Waals surface area contributed by atoms with E-state index >= 15 is 0 Å². The van der Waals surface area contributed by atoms with Crippen LogP contribution in [0.3, 0.4) is 0 Å². The van der Waals surface area contributed by atoms with E-state index < -0.39 is 12.1 Å². The van der Waals surface area contributed by atoms with Gasteiger partial charge in [-0.25, -0.2) is 14.8 Å². The Balaban J connectivity index is 1.32. The van der Waals surface area contributed by atoms with Crippen LogP contribution in [0, 0.1) is 0 Å². The van der Waals surface area contributed by atoms with E-state index in [1.54, 1.807) is 10.6 Å². The van der Waals surface area contributed by atoms with Gasteiger partial charge in [0.2, 0.25) is 11.9 Å². The number of nitrogens with zero attached hydrogens (tertiary/aromatic N) is 5. The van der Waals surface area contributed by atoms with Crippen LogP contribution in [0.5, 0.6) is 0 Å². The number of benzene rings is 3. The molecule has 0 unspecified atom stereocenters. The predicted molar refractivity (Wildman–Crippen MR) is 155 cm³/mol. The molecule has 0 radical (unpaired) electrons. The summed E-state index contributed by atoms with van der Waals surface area (Å²) in [5, 5.41) is 12.0. The lowest BCUT2D eigenvalue weighted by atomic mass is 10.2.